The molecule has 25 heavy (non-hydrogen) atoms. The van der Waals surface area contributed by atoms with E-state index in [-0.39, 0.29) is 0 Å². The number of ether oxygens (including phenoxy) is 1. The molecule has 1 heterocycles. The maximum absolute atomic E-state index is 12.1. The third-order valence-corrected chi connectivity index (χ3v) is 4.89. The van der Waals surface area contributed by atoms with E-state index < -0.39 is 6.09 Å². The molecule has 2 aromatic rings. The van der Waals surface area contributed by atoms with Crippen molar-refractivity contribution >= 4 is 23.4 Å². The molecule has 0 bridgehead atoms. The fraction of sp³-hybridized carbons (Fsp3) is 0.350. The van der Waals surface area contributed by atoms with Crippen molar-refractivity contribution in [1.82, 2.24) is 4.90 Å². The number of carbonyl (C=O) groups is 1. The molecule has 0 aliphatic carbocycles. The van der Waals surface area contributed by atoms with Gasteiger partial charge < -0.3 is 9.64 Å². The lowest BCUT2D eigenvalue weighted by Crippen LogP contribution is -2.27. The fourth-order valence-electron chi connectivity index (χ4n) is 3.28. The molecule has 1 amide bonds. The zero-order chi connectivity index (χ0) is 17.6. The normalized spacial score (nSPS) is 17.4. The van der Waals surface area contributed by atoms with Gasteiger partial charge in [-0.25, -0.2) is 4.79 Å². The summed E-state index contributed by atoms with van der Waals surface area (Å²) in [6.45, 7) is 1.56. The average Bonchev–Trinajstić information content (AvgIpc) is 3.00. The van der Waals surface area contributed by atoms with E-state index in [9.17, 15) is 4.79 Å². The van der Waals surface area contributed by atoms with Gasteiger partial charge in [-0.3, -0.25) is 5.32 Å². The summed E-state index contributed by atoms with van der Waals surface area (Å²) in [6.07, 6.45) is 2.86. The molecular weight excluding hydrogens is 336 g/mol. The first-order valence-corrected chi connectivity index (χ1v) is 9.00. The first-order valence-electron chi connectivity index (χ1n) is 8.62. The Morgan fingerprint density at radius 3 is 2.88 bits per heavy atom. The molecule has 1 atom stereocenters. The maximum Gasteiger partial charge on any atom is 0.411 e. The number of anilines is 1. The van der Waals surface area contributed by atoms with Crippen LogP contribution in [0.1, 0.15) is 19.3 Å². The molecule has 132 valence electrons. The molecule has 1 N–H and O–H groups in total. The largest absolute Gasteiger partial charge is 0.449 e. The highest BCUT2D eigenvalue weighted by Gasteiger charge is 2.20. The number of halogens is 1. The smallest absolute Gasteiger partial charge is 0.411 e. The molecule has 1 aliphatic heterocycles. The summed E-state index contributed by atoms with van der Waals surface area (Å²) < 4.78 is 5.37. The van der Waals surface area contributed by atoms with Gasteiger partial charge in [0.05, 0.1) is 12.3 Å². The number of nitrogens with one attached hydrogen (secondary N) is 1. The summed E-state index contributed by atoms with van der Waals surface area (Å²) in [7, 11) is 2.12. The van der Waals surface area contributed by atoms with Gasteiger partial charge in [0.15, 0.2) is 0 Å². The highest BCUT2D eigenvalue weighted by molar-refractivity contribution is 6.30. The predicted octanol–water partition coefficient (Wildman–Crippen LogP) is 5.04. The van der Waals surface area contributed by atoms with Crippen LogP contribution < -0.4 is 5.32 Å². The summed E-state index contributed by atoms with van der Waals surface area (Å²) in [4.78, 5) is 14.5. The van der Waals surface area contributed by atoms with E-state index in [1.807, 2.05) is 48.5 Å². The summed E-state index contributed by atoms with van der Waals surface area (Å²) in [5, 5.41) is 3.51. The second kappa shape index (κ2) is 8.37. The van der Waals surface area contributed by atoms with Gasteiger partial charge >= 0.3 is 6.09 Å². The average molecular weight is 359 g/mol. The molecule has 1 fully saturated rings. The quantitative estimate of drug-likeness (QED) is 0.814. The highest BCUT2D eigenvalue weighted by Crippen LogP contribution is 2.29. The zero-order valence-electron chi connectivity index (χ0n) is 14.4. The summed E-state index contributed by atoms with van der Waals surface area (Å²) >= 11 is 6.08. The predicted molar refractivity (Wildman–Crippen MR) is 102 cm³/mol. The van der Waals surface area contributed by atoms with E-state index in [0.717, 1.165) is 24.1 Å². The lowest BCUT2D eigenvalue weighted by atomic mass is 10.0. The first kappa shape index (κ1) is 17.8. The number of benzene rings is 2. The Bertz CT molecular complexity index is 735. The van der Waals surface area contributed by atoms with Gasteiger partial charge in [-0.15, -0.1) is 0 Å². The SMILES string of the molecule is CN1CCCC1CCOC(=O)Nc1ccccc1-c1cccc(Cl)c1. The van der Waals surface area contributed by atoms with Crippen LogP contribution >= 0.6 is 11.6 Å². The molecule has 0 saturated carbocycles. The second-order valence-electron chi connectivity index (χ2n) is 6.38. The summed E-state index contributed by atoms with van der Waals surface area (Å²) in [6, 6.07) is 15.7. The lowest BCUT2D eigenvalue weighted by molar-refractivity contribution is 0.147. The molecule has 0 aromatic heterocycles. The number of amides is 1. The van der Waals surface area contributed by atoms with Crippen molar-refractivity contribution in [2.45, 2.75) is 25.3 Å². The van der Waals surface area contributed by atoms with Gasteiger partial charge in [-0.2, -0.15) is 0 Å². The molecule has 0 radical (unpaired) electrons. The van der Waals surface area contributed by atoms with Crippen LogP contribution in [-0.2, 0) is 4.74 Å². The minimum Gasteiger partial charge on any atom is -0.449 e. The number of nitrogens with zero attached hydrogens (tertiary/aromatic N) is 1. The van der Waals surface area contributed by atoms with Crippen LogP contribution in [0, 0.1) is 0 Å². The maximum atomic E-state index is 12.1. The van der Waals surface area contributed by atoms with Crippen LogP contribution in [-0.4, -0.2) is 37.2 Å². The van der Waals surface area contributed by atoms with E-state index in [0.29, 0.717) is 23.4 Å². The van der Waals surface area contributed by atoms with Crippen molar-refractivity contribution in [2.24, 2.45) is 0 Å². The lowest BCUT2D eigenvalue weighted by Gasteiger charge is -2.19. The number of hydrogen-bond acceptors (Lipinski definition) is 3. The number of rotatable bonds is 5. The van der Waals surface area contributed by atoms with Crippen LogP contribution in [0.4, 0.5) is 10.5 Å². The van der Waals surface area contributed by atoms with E-state index in [2.05, 4.69) is 17.3 Å². The van der Waals surface area contributed by atoms with Crippen molar-refractivity contribution < 1.29 is 9.53 Å². The fourth-order valence-corrected chi connectivity index (χ4v) is 3.47. The molecule has 1 aliphatic rings. The van der Waals surface area contributed by atoms with Gasteiger partial charge in [0.25, 0.3) is 0 Å². The Morgan fingerprint density at radius 1 is 1.28 bits per heavy atom. The van der Waals surface area contributed by atoms with Crippen LogP contribution in [0.2, 0.25) is 5.02 Å². The molecule has 3 rings (SSSR count). The van der Waals surface area contributed by atoms with Crippen molar-refractivity contribution in [1.29, 1.82) is 0 Å². The molecule has 2 aromatic carbocycles. The standard InChI is InChI=1S/C20H23ClN2O2/c1-23-12-5-8-17(23)11-13-25-20(24)22-19-10-3-2-9-18(19)15-6-4-7-16(21)14-15/h2-4,6-7,9-10,14,17H,5,8,11-13H2,1H3,(H,22,24). The van der Waals surface area contributed by atoms with E-state index >= 15 is 0 Å². The van der Waals surface area contributed by atoms with Crippen LogP contribution in [0.25, 0.3) is 11.1 Å². The van der Waals surface area contributed by atoms with E-state index in [4.69, 9.17) is 16.3 Å². The topological polar surface area (TPSA) is 41.6 Å². The minimum absolute atomic E-state index is 0.421. The second-order valence-corrected chi connectivity index (χ2v) is 6.82. The Hall–Kier alpha value is -2.04. The zero-order valence-corrected chi connectivity index (χ0v) is 15.1. The third kappa shape index (κ3) is 4.74. The molecule has 4 nitrogen and oxygen atoms in total. The van der Waals surface area contributed by atoms with Crippen molar-refractivity contribution in [3.8, 4) is 11.1 Å². The highest BCUT2D eigenvalue weighted by atomic mass is 35.5. The van der Waals surface area contributed by atoms with Crippen molar-refractivity contribution in [3.63, 3.8) is 0 Å². The van der Waals surface area contributed by atoms with E-state index in [1.54, 1.807) is 0 Å². The molecule has 1 saturated heterocycles. The van der Waals surface area contributed by atoms with Gasteiger partial charge in [-0.1, -0.05) is 41.9 Å². The monoisotopic (exact) mass is 358 g/mol. The molecule has 1 unspecified atom stereocenters. The Kier molecular flexibility index (Phi) is 5.95. The molecule has 0 spiro atoms. The number of likely N-dealkylation sites (tertiary alicyclic amines) is 1. The van der Waals surface area contributed by atoms with E-state index in [1.165, 1.54) is 12.8 Å². The van der Waals surface area contributed by atoms with Gasteiger partial charge in [0, 0.05) is 16.6 Å². The number of carbonyl (C=O) groups excluding carboxylic acids is 1. The Labute approximate surface area is 153 Å². The molecular formula is C20H23ClN2O2. The van der Waals surface area contributed by atoms with Gasteiger partial charge in [-0.05, 0) is 56.6 Å². The van der Waals surface area contributed by atoms with Crippen LogP contribution in [0.3, 0.4) is 0 Å². The van der Waals surface area contributed by atoms with Crippen molar-refractivity contribution in [2.75, 3.05) is 25.5 Å². The van der Waals surface area contributed by atoms with Gasteiger partial charge in [0.2, 0.25) is 0 Å². The molecule has 5 heteroatoms. The Morgan fingerprint density at radius 2 is 2.12 bits per heavy atom. The van der Waals surface area contributed by atoms with Crippen molar-refractivity contribution in [3.05, 3.63) is 53.6 Å². The number of para-hydroxylation sites is 1. The Balaban J connectivity index is 1.60. The van der Waals surface area contributed by atoms with Gasteiger partial charge in [0.1, 0.15) is 0 Å². The van der Waals surface area contributed by atoms with Crippen LogP contribution in [0.5, 0.6) is 0 Å². The first-order chi connectivity index (χ1) is 12.1. The van der Waals surface area contributed by atoms with Crippen LogP contribution in [0.15, 0.2) is 48.5 Å². The summed E-state index contributed by atoms with van der Waals surface area (Å²) in [5.41, 5.74) is 2.58. The third-order valence-electron chi connectivity index (χ3n) is 4.66. The number of hydrogen-bond donors (Lipinski definition) is 1. The minimum atomic E-state index is -0.421. The summed E-state index contributed by atoms with van der Waals surface area (Å²) in [5.74, 6) is 0.